The second kappa shape index (κ2) is 4.45. The molecule has 1 amide bonds. The number of nitrogens with one attached hydrogen (secondary N) is 2. The van der Waals surface area contributed by atoms with Crippen LogP contribution < -0.4 is 5.32 Å². The SMILES string of the molecule is O=C(Nc1ncn[nH]1)c1ccc2ccc(F)cc2n1. The van der Waals surface area contributed by atoms with E-state index in [2.05, 4.69) is 25.5 Å². The van der Waals surface area contributed by atoms with E-state index in [0.29, 0.717) is 5.52 Å². The van der Waals surface area contributed by atoms with Gasteiger partial charge in [0.1, 0.15) is 17.8 Å². The van der Waals surface area contributed by atoms with Crippen LogP contribution in [0.5, 0.6) is 0 Å². The number of nitrogens with zero attached hydrogens (tertiary/aromatic N) is 3. The van der Waals surface area contributed by atoms with Gasteiger partial charge in [0.2, 0.25) is 5.95 Å². The van der Waals surface area contributed by atoms with Crippen molar-refractivity contribution in [3.8, 4) is 0 Å². The average molecular weight is 257 g/mol. The molecular weight excluding hydrogens is 249 g/mol. The molecule has 19 heavy (non-hydrogen) atoms. The number of hydrogen-bond acceptors (Lipinski definition) is 4. The highest BCUT2D eigenvalue weighted by Gasteiger charge is 2.10. The molecule has 0 aliphatic carbocycles. The molecule has 1 aromatic carbocycles. The van der Waals surface area contributed by atoms with Crippen molar-refractivity contribution >= 4 is 22.8 Å². The molecule has 2 N–H and O–H groups in total. The van der Waals surface area contributed by atoms with Crippen molar-refractivity contribution in [1.29, 1.82) is 0 Å². The van der Waals surface area contributed by atoms with Crippen LogP contribution >= 0.6 is 0 Å². The molecule has 0 saturated heterocycles. The molecule has 2 heterocycles. The molecule has 0 atom stereocenters. The summed E-state index contributed by atoms with van der Waals surface area (Å²) >= 11 is 0. The third-order valence-corrected chi connectivity index (χ3v) is 2.53. The summed E-state index contributed by atoms with van der Waals surface area (Å²) in [7, 11) is 0. The van der Waals surface area contributed by atoms with E-state index in [1.165, 1.54) is 18.5 Å². The predicted molar refractivity (Wildman–Crippen MR) is 66.0 cm³/mol. The van der Waals surface area contributed by atoms with Gasteiger partial charge in [-0.15, -0.1) is 0 Å². The zero-order valence-electron chi connectivity index (χ0n) is 9.59. The monoisotopic (exact) mass is 257 g/mol. The van der Waals surface area contributed by atoms with E-state index >= 15 is 0 Å². The Kier molecular flexibility index (Phi) is 2.64. The van der Waals surface area contributed by atoms with Gasteiger partial charge in [0.25, 0.3) is 5.91 Å². The Bertz CT molecular complexity index is 741. The molecule has 3 rings (SSSR count). The molecule has 3 aromatic rings. The van der Waals surface area contributed by atoms with Gasteiger partial charge in [0, 0.05) is 11.5 Å². The van der Waals surface area contributed by atoms with Crippen LogP contribution in [0.25, 0.3) is 10.9 Å². The second-order valence-corrected chi connectivity index (χ2v) is 3.82. The lowest BCUT2D eigenvalue weighted by Gasteiger charge is -2.03. The molecule has 2 aromatic heterocycles. The highest BCUT2D eigenvalue weighted by atomic mass is 19.1. The molecule has 0 unspecified atom stereocenters. The molecular formula is C12H8FN5O. The van der Waals surface area contributed by atoms with Crippen LogP contribution in [0.4, 0.5) is 10.3 Å². The van der Waals surface area contributed by atoms with Gasteiger partial charge in [0.05, 0.1) is 5.52 Å². The zero-order chi connectivity index (χ0) is 13.2. The van der Waals surface area contributed by atoms with Gasteiger partial charge < -0.3 is 0 Å². The first-order valence-corrected chi connectivity index (χ1v) is 5.45. The van der Waals surface area contributed by atoms with Crippen LogP contribution in [-0.4, -0.2) is 26.1 Å². The number of fused-ring (bicyclic) bond motifs is 1. The molecule has 0 aliphatic rings. The van der Waals surface area contributed by atoms with E-state index in [9.17, 15) is 9.18 Å². The van der Waals surface area contributed by atoms with Crippen LogP contribution in [0, 0.1) is 5.82 Å². The summed E-state index contributed by atoms with van der Waals surface area (Å²) in [6, 6.07) is 7.50. The molecule has 94 valence electrons. The summed E-state index contributed by atoms with van der Waals surface area (Å²) in [4.78, 5) is 19.8. The van der Waals surface area contributed by atoms with Crippen LogP contribution in [0.1, 0.15) is 10.5 Å². The van der Waals surface area contributed by atoms with Crippen LogP contribution in [-0.2, 0) is 0 Å². The minimum Gasteiger partial charge on any atom is -0.289 e. The Balaban J connectivity index is 1.94. The standard InChI is InChI=1S/C12H8FN5O/c13-8-3-1-7-2-4-9(16-10(7)5-8)11(19)17-12-14-6-15-18-12/h1-6H,(H2,14,15,17,18,19). The molecule has 0 spiro atoms. The lowest BCUT2D eigenvalue weighted by Crippen LogP contribution is -2.14. The molecule has 0 aliphatic heterocycles. The first-order valence-electron chi connectivity index (χ1n) is 5.45. The summed E-state index contributed by atoms with van der Waals surface area (Å²) in [6.45, 7) is 0. The highest BCUT2D eigenvalue weighted by molar-refractivity contribution is 6.03. The van der Waals surface area contributed by atoms with Gasteiger partial charge in [-0.2, -0.15) is 10.1 Å². The van der Waals surface area contributed by atoms with Gasteiger partial charge in [-0.3, -0.25) is 10.1 Å². The largest absolute Gasteiger partial charge is 0.289 e. The van der Waals surface area contributed by atoms with Gasteiger partial charge in [-0.05, 0) is 18.2 Å². The number of rotatable bonds is 2. The Morgan fingerprint density at radius 2 is 2.11 bits per heavy atom. The molecule has 7 heteroatoms. The summed E-state index contributed by atoms with van der Waals surface area (Å²) in [5.74, 6) is -0.609. The number of amides is 1. The number of aromatic nitrogens is 4. The maximum atomic E-state index is 13.1. The topological polar surface area (TPSA) is 83.6 Å². The third kappa shape index (κ3) is 2.25. The fraction of sp³-hybridized carbons (Fsp3) is 0. The molecule has 0 bridgehead atoms. The summed E-state index contributed by atoms with van der Waals surface area (Å²) in [6.07, 6.45) is 1.28. The summed E-state index contributed by atoms with van der Waals surface area (Å²) in [5, 5.41) is 9.37. The van der Waals surface area contributed by atoms with Crippen molar-refractivity contribution in [2.24, 2.45) is 0 Å². The lowest BCUT2D eigenvalue weighted by molar-refractivity contribution is 0.102. The Morgan fingerprint density at radius 1 is 1.26 bits per heavy atom. The Morgan fingerprint density at radius 3 is 2.89 bits per heavy atom. The number of carbonyl (C=O) groups excluding carboxylic acids is 1. The van der Waals surface area contributed by atoms with Crippen molar-refractivity contribution in [2.45, 2.75) is 0 Å². The maximum Gasteiger partial charge on any atom is 0.276 e. The fourth-order valence-electron chi connectivity index (χ4n) is 1.65. The molecule has 6 nitrogen and oxygen atoms in total. The molecule has 0 radical (unpaired) electrons. The number of H-pyrrole nitrogens is 1. The minimum atomic E-state index is -0.442. The summed E-state index contributed by atoms with van der Waals surface area (Å²) < 4.78 is 13.1. The van der Waals surface area contributed by atoms with E-state index in [4.69, 9.17) is 0 Å². The van der Waals surface area contributed by atoms with Crippen molar-refractivity contribution in [1.82, 2.24) is 20.2 Å². The molecule has 0 fully saturated rings. The van der Waals surface area contributed by atoms with Gasteiger partial charge >= 0.3 is 0 Å². The van der Waals surface area contributed by atoms with Crippen molar-refractivity contribution in [3.05, 3.63) is 48.2 Å². The number of anilines is 1. The normalized spacial score (nSPS) is 10.6. The minimum absolute atomic E-state index is 0.175. The highest BCUT2D eigenvalue weighted by Crippen LogP contribution is 2.14. The number of hydrogen-bond donors (Lipinski definition) is 2. The number of carbonyl (C=O) groups is 1. The number of aromatic amines is 1. The van der Waals surface area contributed by atoms with Crippen LogP contribution in [0.15, 0.2) is 36.7 Å². The zero-order valence-corrected chi connectivity index (χ0v) is 9.59. The van der Waals surface area contributed by atoms with Gasteiger partial charge in [-0.1, -0.05) is 6.07 Å². The van der Waals surface area contributed by atoms with E-state index in [1.807, 2.05) is 0 Å². The maximum absolute atomic E-state index is 13.1. The smallest absolute Gasteiger partial charge is 0.276 e. The van der Waals surface area contributed by atoms with Crippen LogP contribution in [0.2, 0.25) is 0 Å². The fourth-order valence-corrected chi connectivity index (χ4v) is 1.65. The Hall–Kier alpha value is -2.83. The van der Waals surface area contributed by atoms with Gasteiger partial charge in [0.15, 0.2) is 0 Å². The van der Waals surface area contributed by atoms with Crippen LogP contribution in [0.3, 0.4) is 0 Å². The van der Waals surface area contributed by atoms with E-state index < -0.39 is 11.7 Å². The average Bonchev–Trinajstić information content (AvgIpc) is 2.90. The third-order valence-electron chi connectivity index (χ3n) is 2.53. The van der Waals surface area contributed by atoms with Crippen molar-refractivity contribution < 1.29 is 9.18 Å². The number of halogens is 1. The first-order chi connectivity index (χ1) is 9.22. The lowest BCUT2D eigenvalue weighted by atomic mass is 10.2. The van der Waals surface area contributed by atoms with E-state index in [0.717, 1.165) is 5.39 Å². The van der Waals surface area contributed by atoms with Crippen molar-refractivity contribution in [2.75, 3.05) is 5.32 Å². The van der Waals surface area contributed by atoms with Crippen molar-refractivity contribution in [3.63, 3.8) is 0 Å². The quantitative estimate of drug-likeness (QED) is 0.732. The summed E-state index contributed by atoms with van der Waals surface area (Å²) in [5.41, 5.74) is 0.597. The predicted octanol–water partition coefficient (Wildman–Crippen LogP) is 1.74. The first kappa shape index (κ1) is 11.3. The number of pyridine rings is 1. The van der Waals surface area contributed by atoms with E-state index in [1.54, 1.807) is 18.2 Å². The Labute approximate surface area is 106 Å². The van der Waals surface area contributed by atoms with E-state index in [-0.39, 0.29) is 11.6 Å². The molecule has 0 saturated carbocycles. The van der Waals surface area contributed by atoms with Gasteiger partial charge in [-0.25, -0.2) is 14.5 Å². The second-order valence-electron chi connectivity index (χ2n) is 3.82. The number of benzene rings is 1.